The molecule has 2 aliphatic heterocycles. The van der Waals surface area contributed by atoms with E-state index in [0.29, 0.717) is 5.92 Å². The summed E-state index contributed by atoms with van der Waals surface area (Å²) in [5.74, 6) is 0.686. The summed E-state index contributed by atoms with van der Waals surface area (Å²) in [6.07, 6.45) is 5.74. The van der Waals surface area contributed by atoms with Gasteiger partial charge >= 0.3 is 0 Å². The number of para-hydroxylation sites is 1. The summed E-state index contributed by atoms with van der Waals surface area (Å²) in [7, 11) is 0. The standard InChI is InChI=1S/C18H24N2O2/c1-2-4-17-15(3-1)16(14-5-8-19-9-6-14)13-20(17)10-7-18-21-11-12-22-18/h1-4,13-14,18-19H,5-12H2. The van der Waals surface area contributed by atoms with Gasteiger partial charge in [0, 0.05) is 30.1 Å². The average molecular weight is 300 g/mol. The molecule has 2 aliphatic rings. The van der Waals surface area contributed by atoms with Crippen LogP contribution in [0.5, 0.6) is 0 Å². The van der Waals surface area contributed by atoms with Gasteiger partial charge in [-0.3, -0.25) is 0 Å². The van der Waals surface area contributed by atoms with Crippen LogP contribution >= 0.6 is 0 Å². The maximum atomic E-state index is 5.57. The van der Waals surface area contributed by atoms with Gasteiger partial charge in [-0.15, -0.1) is 0 Å². The molecule has 2 fully saturated rings. The zero-order valence-corrected chi connectivity index (χ0v) is 13.0. The van der Waals surface area contributed by atoms with Crippen molar-refractivity contribution in [3.63, 3.8) is 0 Å². The predicted octanol–water partition coefficient (Wildman–Crippen LogP) is 2.87. The highest BCUT2D eigenvalue weighted by molar-refractivity contribution is 5.84. The summed E-state index contributed by atoms with van der Waals surface area (Å²) in [5.41, 5.74) is 2.86. The lowest BCUT2D eigenvalue weighted by molar-refractivity contribution is -0.0488. The molecule has 0 aliphatic carbocycles. The number of hydrogen-bond donors (Lipinski definition) is 1. The van der Waals surface area contributed by atoms with Gasteiger partial charge < -0.3 is 19.4 Å². The molecule has 0 spiro atoms. The zero-order chi connectivity index (χ0) is 14.8. The lowest BCUT2D eigenvalue weighted by atomic mass is 9.90. The summed E-state index contributed by atoms with van der Waals surface area (Å²) >= 11 is 0. The molecule has 2 aromatic rings. The van der Waals surface area contributed by atoms with Gasteiger partial charge in [0.25, 0.3) is 0 Å². The Morgan fingerprint density at radius 2 is 1.86 bits per heavy atom. The van der Waals surface area contributed by atoms with Crippen LogP contribution in [0.3, 0.4) is 0 Å². The molecule has 1 aromatic carbocycles. The van der Waals surface area contributed by atoms with Crippen LogP contribution in [0, 0.1) is 0 Å². The first kappa shape index (κ1) is 14.2. The third kappa shape index (κ3) is 2.78. The number of aromatic nitrogens is 1. The molecule has 0 radical (unpaired) electrons. The molecule has 0 unspecified atom stereocenters. The summed E-state index contributed by atoms with van der Waals surface area (Å²) < 4.78 is 13.5. The van der Waals surface area contributed by atoms with Crippen molar-refractivity contribution in [2.45, 2.75) is 38.0 Å². The second-order valence-corrected chi connectivity index (χ2v) is 6.28. The number of benzene rings is 1. The second-order valence-electron chi connectivity index (χ2n) is 6.28. The number of rotatable bonds is 4. The van der Waals surface area contributed by atoms with Crippen LogP contribution in [0.4, 0.5) is 0 Å². The minimum absolute atomic E-state index is 0.0245. The topological polar surface area (TPSA) is 35.4 Å². The van der Waals surface area contributed by atoms with Crippen molar-refractivity contribution < 1.29 is 9.47 Å². The molecule has 118 valence electrons. The van der Waals surface area contributed by atoms with E-state index in [1.165, 1.54) is 29.3 Å². The van der Waals surface area contributed by atoms with E-state index in [1.807, 2.05) is 0 Å². The van der Waals surface area contributed by atoms with Crippen molar-refractivity contribution in [2.24, 2.45) is 0 Å². The SMILES string of the molecule is c1ccc2c(c1)c(C1CCNCC1)cn2CCC1OCCO1. The van der Waals surface area contributed by atoms with Gasteiger partial charge in [-0.25, -0.2) is 0 Å². The van der Waals surface area contributed by atoms with Gasteiger partial charge in [-0.2, -0.15) is 0 Å². The minimum Gasteiger partial charge on any atom is -0.350 e. The first-order chi connectivity index (χ1) is 10.9. The van der Waals surface area contributed by atoms with Crippen molar-refractivity contribution in [1.82, 2.24) is 9.88 Å². The Balaban J connectivity index is 1.60. The van der Waals surface area contributed by atoms with Crippen LogP contribution in [-0.2, 0) is 16.0 Å². The van der Waals surface area contributed by atoms with Crippen LogP contribution in [0.1, 0.15) is 30.7 Å². The summed E-state index contributed by atoms with van der Waals surface area (Å²) in [6.45, 7) is 4.69. The number of hydrogen-bond acceptors (Lipinski definition) is 3. The molecule has 4 heteroatoms. The number of nitrogens with zero attached hydrogens (tertiary/aromatic N) is 1. The normalized spacial score (nSPS) is 20.9. The molecular weight excluding hydrogens is 276 g/mol. The molecule has 0 amide bonds. The van der Waals surface area contributed by atoms with Crippen LogP contribution in [0.2, 0.25) is 0 Å². The molecular formula is C18H24N2O2. The highest BCUT2D eigenvalue weighted by Gasteiger charge is 2.21. The van der Waals surface area contributed by atoms with E-state index in [4.69, 9.17) is 9.47 Å². The Kier molecular flexibility index (Phi) is 4.15. The summed E-state index contributed by atoms with van der Waals surface area (Å²) in [6, 6.07) is 8.79. The second kappa shape index (κ2) is 6.41. The van der Waals surface area contributed by atoms with E-state index in [0.717, 1.165) is 39.3 Å². The van der Waals surface area contributed by atoms with Crippen molar-refractivity contribution in [3.8, 4) is 0 Å². The Bertz CT molecular complexity index is 625. The molecule has 3 heterocycles. The first-order valence-corrected chi connectivity index (χ1v) is 8.43. The fourth-order valence-electron chi connectivity index (χ4n) is 3.74. The van der Waals surface area contributed by atoms with Crippen molar-refractivity contribution >= 4 is 10.9 Å². The van der Waals surface area contributed by atoms with Gasteiger partial charge in [0.05, 0.1) is 13.2 Å². The molecule has 2 saturated heterocycles. The fraction of sp³-hybridized carbons (Fsp3) is 0.556. The average Bonchev–Trinajstić information content (AvgIpc) is 3.22. The molecule has 1 N–H and O–H groups in total. The maximum absolute atomic E-state index is 5.57. The van der Waals surface area contributed by atoms with Gasteiger partial charge in [0.1, 0.15) is 0 Å². The number of nitrogens with one attached hydrogen (secondary N) is 1. The van der Waals surface area contributed by atoms with E-state index in [2.05, 4.69) is 40.3 Å². The monoisotopic (exact) mass is 300 g/mol. The fourth-order valence-corrected chi connectivity index (χ4v) is 3.74. The van der Waals surface area contributed by atoms with Crippen LogP contribution in [-0.4, -0.2) is 37.2 Å². The number of fused-ring (bicyclic) bond motifs is 1. The van der Waals surface area contributed by atoms with Crippen molar-refractivity contribution in [2.75, 3.05) is 26.3 Å². The predicted molar refractivity (Wildman–Crippen MR) is 87.1 cm³/mol. The quantitative estimate of drug-likeness (QED) is 0.943. The van der Waals surface area contributed by atoms with Crippen molar-refractivity contribution in [1.29, 1.82) is 0 Å². The third-order valence-electron chi connectivity index (χ3n) is 4.89. The maximum Gasteiger partial charge on any atom is 0.159 e. The van der Waals surface area contributed by atoms with E-state index in [9.17, 15) is 0 Å². The van der Waals surface area contributed by atoms with Gasteiger partial charge in [0.2, 0.25) is 0 Å². The lowest BCUT2D eigenvalue weighted by Gasteiger charge is -2.22. The Morgan fingerprint density at radius 3 is 2.68 bits per heavy atom. The molecule has 4 nitrogen and oxygen atoms in total. The van der Waals surface area contributed by atoms with E-state index in [1.54, 1.807) is 0 Å². The largest absolute Gasteiger partial charge is 0.350 e. The highest BCUT2D eigenvalue weighted by atomic mass is 16.7. The lowest BCUT2D eigenvalue weighted by Crippen LogP contribution is -2.26. The molecule has 22 heavy (non-hydrogen) atoms. The van der Waals surface area contributed by atoms with Gasteiger partial charge in [-0.1, -0.05) is 18.2 Å². The molecule has 4 rings (SSSR count). The zero-order valence-electron chi connectivity index (χ0n) is 13.0. The Labute approximate surface area is 131 Å². The molecule has 1 aromatic heterocycles. The third-order valence-corrected chi connectivity index (χ3v) is 4.89. The molecule has 0 bridgehead atoms. The van der Waals surface area contributed by atoms with Crippen LogP contribution in [0.25, 0.3) is 10.9 Å². The Hall–Kier alpha value is -1.36. The molecule has 0 atom stereocenters. The van der Waals surface area contributed by atoms with Crippen LogP contribution < -0.4 is 5.32 Å². The first-order valence-electron chi connectivity index (χ1n) is 8.43. The highest BCUT2D eigenvalue weighted by Crippen LogP contribution is 2.33. The Morgan fingerprint density at radius 1 is 1.09 bits per heavy atom. The summed E-state index contributed by atoms with van der Waals surface area (Å²) in [4.78, 5) is 0. The minimum atomic E-state index is -0.0245. The smallest absolute Gasteiger partial charge is 0.159 e. The molecule has 0 saturated carbocycles. The number of aryl methyl sites for hydroxylation is 1. The van der Waals surface area contributed by atoms with E-state index >= 15 is 0 Å². The number of ether oxygens (including phenoxy) is 2. The van der Waals surface area contributed by atoms with Gasteiger partial charge in [-0.05, 0) is 43.5 Å². The van der Waals surface area contributed by atoms with E-state index < -0.39 is 0 Å². The van der Waals surface area contributed by atoms with Crippen molar-refractivity contribution in [3.05, 3.63) is 36.0 Å². The van der Waals surface area contributed by atoms with Gasteiger partial charge in [0.15, 0.2) is 6.29 Å². The van der Waals surface area contributed by atoms with E-state index in [-0.39, 0.29) is 6.29 Å². The number of piperidine rings is 1. The van der Waals surface area contributed by atoms with Crippen LogP contribution in [0.15, 0.2) is 30.5 Å². The summed E-state index contributed by atoms with van der Waals surface area (Å²) in [5, 5.41) is 4.88.